The monoisotopic (exact) mass is 310 g/mol. The molecule has 4 heteroatoms. The Morgan fingerprint density at radius 2 is 1.91 bits per heavy atom. The van der Waals surface area contributed by atoms with E-state index in [1.54, 1.807) is 16.7 Å². The van der Waals surface area contributed by atoms with Gasteiger partial charge in [0.25, 0.3) is 5.56 Å². The molecule has 118 valence electrons. The van der Waals surface area contributed by atoms with Gasteiger partial charge in [0.15, 0.2) is 0 Å². The van der Waals surface area contributed by atoms with Gasteiger partial charge in [0.1, 0.15) is 5.82 Å². The van der Waals surface area contributed by atoms with Crippen LogP contribution >= 0.6 is 0 Å². The molecule has 2 aromatic heterocycles. The van der Waals surface area contributed by atoms with Gasteiger partial charge in [0.05, 0.1) is 12.1 Å². The van der Waals surface area contributed by atoms with Gasteiger partial charge in [-0.05, 0) is 42.7 Å². The summed E-state index contributed by atoms with van der Waals surface area (Å²) in [5.74, 6) is -0.291. The molecule has 0 aliphatic rings. The number of hydrogen-bond donors (Lipinski definition) is 0. The lowest BCUT2D eigenvalue weighted by Gasteiger charge is -2.13. The molecule has 0 saturated heterocycles. The predicted molar refractivity (Wildman–Crippen MR) is 90.3 cm³/mol. The Morgan fingerprint density at radius 1 is 1.09 bits per heavy atom. The molecule has 0 radical (unpaired) electrons. The van der Waals surface area contributed by atoms with Crippen molar-refractivity contribution in [1.29, 1.82) is 0 Å². The summed E-state index contributed by atoms with van der Waals surface area (Å²) in [5.41, 5.74) is 3.51. The van der Waals surface area contributed by atoms with Crippen LogP contribution in [0.15, 0.2) is 47.3 Å². The summed E-state index contributed by atoms with van der Waals surface area (Å²) in [7, 11) is 0. The van der Waals surface area contributed by atoms with Crippen LogP contribution in [-0.4, -0.2) is 9.55 Å². The van der Waals surface area contributed by atoms with E-state index in [1.807, 2.05) is 25.1 Å². The lowest BCUT2D eigenvalue weighted by molar-refractivity contribution is 0.623. The van der Waals surface area contributed by atoms with Gasteiger partial charge in [0.2, 0.25) is 0 Å². The fourth-order valence-corrected chi connectivity index (χ4v) is 2.85. The van der Waals surface area contributed by atoms with Crippen LogP contribution in [0.1, 0.15) is 30.8 Å². The molecule has 0 aliphatic carbocycles. The molecule has 0 saturated carbocycles. The first-order valence-electron chi connectivity index (χ1n) is 7.89. The van der Waals surface area contributed by atoms with Crippen molar-refractivity contribution in [2.75, 3.05) is 0 Å². The Labute approximate surface area is 134 Å². The summed E-state index contributed by atoms with van der Waals surface area (Å²) < 4.78 is 15.1. The van der Waals surface area contributed by atoms with Crippen LogP contribution in [0, 0.1) is 5.82 Å². The van der Waals surface area contributed by atoms with Gasteiger partial charge in [0, 0.05) is 22.8 Å². The van der Waals surface area contributed by atoms with Gasteiger partial charge < -0.3 is 4.57 Å². The second-order valence-electron chi connectivity index (χ2n) is 5.59. The van der Waals surface area contributed by atoms with Crippen molar-refractivity contribution in [3.05, 3.63) is 75.6 Å². The molecule has 2 heterocycles. The highest BCUT2D eigenvalue weighted by Crippen LogP contribution is 2.19. The molecule has 0 atom stereocenters. The van der Waals surface area contributed by atoms with E-state index in [0.717, 1.165) is 40.7 Å². The maximum atomic E-state index is 13.4. The third-order valence-corrected chi connectivity index (χ3v) is 4.04. The summed E-state index contributed by atoms with van der Waals surface area (Å²) >= 11 is 0. The summed E-state index contributed by atoms with van der Waals surface area (Å²) in [6.07, 6.45) is 1.62. The molecule has 0 unspecified atom stereocenters. The van der Waals surface area contributed by atoms with Crippen molar-refractivity contribution >= 4 is 10.9 Å². The molecule has 0 spiro atoms. The Kier molecular flexibility index (Phi) is 4.24. The van der Waals surface area contributed by atoms with Crippen LogP contribution in [0.3, 0.4) is 0 Å². The molecule has 0 N–H and O–H groups in total. The quantitative estimate of drug-likeness (QED) is 0.736. The molecule has 1 aromatic carbocycles. The van der Waals surface area contributed by atoms with E-state index in [9.17, 15) is 9.18 Å². The largest absolute Gasteiger partial charge is 0.304 e. The maximum absolute atomic E-state index is 13.4. The molecular weight excluding hydrogens is 291 g/mol. The topological polar surface area (TPSA) is 34.9 Å². The average Bonchev–Trinajstić information content (AvgIpc) is 2.56. The second-order valence-corrected chi connectivity index (χ2v) is 5.59. The second kappa shape index (κ2) is 6.32. The van der Waals surface area contributed by atoms with Crippen LogP contribution in [0.4, 0.5) is 4.39 Å². The van der Waals surface area contributed by atoms with Crippen molar-refractivity contribution in [3.63, 3.8) is 0 Å². The zero-order valence-electron chi connectivity index (χ0n) is 13.3. The number of hydrogen-bond acceptors (Lipinski definition) is 2. The van der Waals surface area contributed by atoms with Crippen molar-refractivity contribution in [2.24, 2.45) is 0 Å². The van der Waals surface area contributed by atoms with E-state index < -0.39 is 0 Å². The molecule has 3 aromatic rings. The Hall–Kier alpha value is -2.49. The van der Waals surface area contributed by atoms with Gasteiger partial charge in [-0.1, -0.05) is 26.0 Å². The SMILES string of the molecule is CCc1cc2c(ccc(=O)n2Cc2cccc(F)c2)c(CC)n1. The number of nitrogens with zero attached hydrogens (tertiary/aromatic N) is 2. The van der Waals surface area contributed by atoms with Crippen LogP contribution in [0.2, 0.25) is 0 Å². The first kappa shape index (κ1) is 15.4. The molecule has 23 heavy (non-hydrogen) atoms. The lowest BCUT2D eigenvalue weighted by atomic mass is 10.1. The lowest BCUT2D eigenvalue weighted by Crippen LogP contribution is -2.20. The van der Waals surface area contributed by atoms with E-state index in [4.69, 9.17) is 0 Å². The van der Waals surface area contributed by atoms with Gasteiger partial charge in [-0.2, -0.15) is 0 Å². The van der Waals surface area contributed by atoms with Gasteiger partial charge >= 0.3 is 0 Å². The highest BCUT2D eigenvalue weighted by molar-refractivity contribution is 5.81. The van der Waals surface area contributed by atoms with Gasteiger partial charge in [-0.25, -0.2) is 4.39 Å². The standard InChI is InChI=1S/C19H19FN2O/c1-3-15-11-18-16(17(4-2)21-15)8-9-19(23)22(18)12-13-6-5-7-14(20)10-13/h5-11H,3-4,12H2,1-2H3. The number of rotatable bonds is 4. The van der Waals surface area contributed by atoms with Gasteiger partial charge in [-0.3, -0.25) is 9.78 Å². The number of aryl methyl sites for hydroxylation is 2. The molecule has 0 aliphatic heterocycles. The Balaban J connectivity index is 2.22. The molecule has 3 nitrogen and oxygen atoms in total. The van der Waals surface area contributed by atoms with E-state index in [2.05, 4.69) is 11.9 Å². The zero-order chi connectivity index (χ0) is 16.4. The summed E-state index contributed by atoms with van der Waals surface area (Å²) in [6.45, 7) is 4.46. The van der Waals surface area contributed by atoms with E-state index >= 15 is 0 Å². The van der Waals surface area contributed by atoms with E-state index in [1.165, 1.54) is 12.1 Å². The van der Waals surface area contributed by atoms with Crippen LogP contribution in [-0.2, 0) is 19.4 Å². The fourth-order valence-electron chi connectivity index (χ4n) is 2.85. The summed E-state index contributed by atoms with van der Waals surface area (Å²) in [5, 5.41) is 0.987. The fraction of sp³-hybridized carbons (Fsp3) is 0.263. The summed E-state index contributed by atoms with van der Waals surface area (Å²) in [4.78, 5) is 17.0. The third-order valence-electron chi connectivity index (χ3n) is 4.04. The molecule has 3 rings (SSSR count). The first-order valence-corrected chi connectivity index (χ1v) is 7.89. The van der Waals surface area contributed by atoms with Gasteiger partial charge in [-0.15, -0.1) is 0 Å². The van der Waals surface area contributed by atoms with E-state index in [-0.39, 0.29) is 11.4 Å². The smallest absolute Gasteiger partial charge is 0.251 e. The molecule has 0 fully saturated rings. The maximum Gasteiger partial charge on any atom is 0.251 e. The molecule has 0 amide bonds. The number of benzene rings is 1. The Morgan fingerprint density at radius 3 is 2.61 bits per heavy atom. The van der Waals surface area contributed by atoms with Crippen LogP contribution in [0.5, 0.6) is 0 Å². The highest BCUT2D eigenvalue weighted by Gasteiger charge is 2.10. The van der Waals surface area contributed by atoms with E-state index in [0.29, 0.717) is 6.54 Å². The number of pyridine rings is 2. The Bertz CT molecular complexity index is 915. The van der Waals surface area contributed by atoms with Crippen LogP contribution in [0.25, 0.3) is 10.9 Å². The van der Waals surface area contributed by atoms with Crippen molar-refractivity contribution in [3.8, 4) is 0 Å². The average molecular weight is 310 g/mol. The number of halogens is 1. The minimum absolute atomic E-state index is 0.0860. The minimum atomic E-state index is -0.291. The highest BCUT2D eigenvalue weighted by atomic mass is 19.1. The third kappa shape index (κ3) is 3.02. The number of fused-ring (bicyclic) bond motifs is 1. The first-order chi connectivity index (χ1) is 11.1. The normalized spacial score (nSPS) is 11.1. The molecular formula is C19H19FN2O. The van der Waals surface area contributed by atoms with Crippen molar-refractivity contribution < 1.29 is 4.39 Å². The molecule has 0 bridgehead atoms. The van der Waals surface area contributed by atoms with Crippen molar-refractivity contribution in [2.45, 2.75) is 33.2 Å². The van der Waals surface area contributed by atoms with Crippen LogP contribution < -0.4 is 5.56 Å². The predicted octanol–water partition coefficient (Wildman–Crippen LogP) is 3.71. The summed E-state index contributed by atoms with van der Waals surface area (Å²) in [6, 6.07) is 11.7. The minimum Gasteiger partial charge on any atom is -0.304 e. The number of aromatic nitrogens is 2. The van der Waals surface area contributed by atoms with Crippen molar-refractivity contribution in [1.82, 2.24) is 9.55 Å². The zero-order valence-corrected chi connectivity index (χ0v) is 13.3.